The van der Waals surface area contributed by atoms with Gasteiger partial charge in [0.1, 0.15) is 29.7 Å². The van der Waals surface area contributed by atoms with Crippen molar-refractivity contribution in [2.45, 2.75) is 6.17 Å². The van der Waals surface area contributed by atoms with Crippen molar-refractivity contribution in [3.63, 3.8) is 0 Å². The van der Waals surface area contributed by atoms with E-state index in [1.165, 1.54) is 0 Å². The van der Waals surface area contributed by atoms with Crippen molar-refractivity contribution in [1.29, 1.82) is 10.5 Å². The average molecular weight is 146 g/mol. The average Bonchev–Trinajstić information content (AvgIpc) is 2.46. The third-order valence-electron chi connectivity index (χ3n) is 1.31. The molecule has 0 aromatic rings. The fourth-order valence-corrected chi connectivity index (χ4v) is 0.786. The molecule has 0 unspecified atom stereocenters. The number of hydrogen-bond acceptors (Lipinski definition) is 4. The summed E-state index contributed by atoms with van der Waals surface area (Å²) in [7, 11) is 0. The van der Waals surface area contributed by atoms with Crippen LogP contribution in [0, 0.1) is 22.7 Å². The molecule has 0 bridgehead atoms. The number of nitrogens with one attached hydrogen (secondary N) is 2. The molecule has 4 heteroatoms. The zero-order chi connectivity index (χ0) is 8.27. The van der Waals surface area contributed by atoms with Gasteiger partial charge in [-0.15, -0.1) is 0 Å². The third-order valence-corrected chi connectivity index (χ3v) is 1.31. The number of rotatable bonds is 1. The Balaban J connectivity index is 2.83. The van der Waals surface area contributed by atoms with Gasteiger partial charge in [-0.05, 0) is 6.08 Å². The minimum absolute atomic E-state index is 0.195. The topological polar surface area (TPSA) is 71.6 Å². The molecular formula is C7H6N4. The van der Waals surface area contributed by atoms with Crippen LogP contribution in [0.2, 0.25) is 0 Å². The second-order valence-electron chi connectivity index (χ2n) is 1.98. The molecule has 1 aliphatic rings. The Kier molecular flexibility index (Phi) is 1.80. The van der Waals surface area contributed by atoms with Crippen molar-refractivity contribution in [2.75, 3.05) is 0 Å². The molecule has 0 spiro atoms. The molecule has 11 heavy (non-hydrogen) atoms. The monoisotopic (exact) mass is 146 g/mol. The van der Waals surface area contributed by atoms with E-state index in [1.54, 1.807) is 6.08 Å². The number of nitrogens with zero attached hydrogens (tertiary/aromatic N) is 2. The van der Waals surface area contributed by atoms with Crippen LogP contribution in [-0.4, -0.2) is 6.17 Å². The van der Waals surface area contributed by atoms with Gasteiger partial charge in [-0.25, -0.2) is 0 Å². The summed E-state index contributed by atoms with van der Waals surface area (Å²) in [6.07, 6.45) is 1.39. The van der Waals surface area contributed by atoms with E-state index in [4.69, 9.17) is 10.5 Å². The lowest BCUT2D eigenvalue weighted by Gasteiger charge is -2.04. The quantitative estimate of drug-likeness (QED) is 0.509. The summed E-state index contributed by atoms with van der Waals surface area (Å²) >= 11 is 0. The highest BCUT2D eigenvalue weighted by atomic mass is 15.2. The lowest BCUT2D eigenvalue weighted by Crippen LogP contribution is -2.29. The van der Waals surface area contributed by atoms with E-state index in [9.17, 15) is 0 Å². The predicted molar refractivity (Wildman–Crippen MR) is 38.5 cm³/mol. The highest BCUT2D eigenvalue weighted by Gasteiger charge is 2.18. The Labute approximate surface area is 64.4 Å². The molecule has 0 atom stereocenters. The predicted octanol–water partition coefficient (Wildman–Crippen LogP) is -0.0499. The van der Waals surface area contributed by atoms with E-state index < -0.39 is 0 Å². The second-order valence-corrected chi connectivity index (χ2v) is 1.98. The SMILES string of the molecule is C=CC1NC(C#N)=C(C#N)N1. The molecule has 54 valence electrons. The summed E-state index contributed by atoms with van der Waals surface area (Å²) in [6.45, 7) is 3.51. The molecule has 4 nitrogen and oxygen atoms in total. The first-order valence-electron chi connectivity index (χ1n) is 3.02. The Hall–Kier alpha value is -1.94. The highest BCUT2D eigenvalue weighted by molar-refractivity contribution is 5.39. The number of hydrogen-bond donors (Lipinski definition) is 2. The van der Waals surface area contributed by atoms with Crippen LogP contribution in [0.4, 0.5) is 0 Å². The molecular weight excluding hydrogens is 140 g/mol. The molecule has 0 aromatic carbocycles. The molecule has 1 heterocycles. The van der Waals surface area contributed by atoms with Crippen molar-refractivity contribution < 1.29 is 0 Å². The Morgan fingerprint density at radius 1 is 1.27 bits per heavy atom. The fourth-order valence-electron chi connectivity index (χ4n) is 0.786. The molecule has 0 saturated carbocycles. The van der Waals surface area contributed by atoms with Crippen LogP contribution < -0.4 is 10.6 Å². The van der Waals surface area contributed by atoms with Crippen LogP contribution in [0.15, 0.2) is 24.0 Å². The molecule has 0 aliphatic carbocycles. The van der Waals surface area contributed by atoms with Crippen LogP contribution in [-0.2, 0) is 0 Å². The van der Waals surface area contributed by atoms with Gasteiger partial charge >= 0.3 is 0 Å². The molecule has 0 amide bonds. The Morgan fingerprint density at radius 3 is 2.00 bits per heavy atom. The van der Waals surface area contributed by atoms with Gasteiger partial charge in [-0.3, -0.25) is 0 Å². The third kappa shape index (κ3) is 1.15. The standard InChI is InChI=1S/C7H6N4/c1-2-7-10-5(3-8)6(4-9)11-7/h2,7,10-11H,1H2. The van der Waals surface area contributed by atoms with Crippen molar-refractivity contribution >= 4 is 0 Å². The normalized spacial score (nSPS) is 16.2. The zero-order valence-electron chi connectivity index (χ0n) is 5.76. The van der Waals surface area contributed by atoms with E-state index >= 15 is 0 Å². The smallest absolute Gasteiger partial charge is 0.149 e. The van der Waals surface area contributed by atoms with Crippen molar-refractivity contribution in [2.24, 2.45) is 0 Å². The maximum absolute atomic E-state index is 8.49. The van der Waals surface area contributed by atoms with Crippen LogP contribution >= 0.6 is 0 Å². The highest BCUT2D eigenvalue weighted by Crippen LogP contribution is 2.05. The summed E-state index contributed by atoms with van der Waals surface area (Å²) in [5, 5.41) is 22.5. The van der Waals surface area contributed by atoms with E-state index in [2.05, 4.69) is 17.2 Å². The summed E-state index contributed by atoms with van der Waals surface area (Å²) in [4.78, 5) is 0. The van der Waals surface area contributed by atoms with E-state index in [1.807, 2.05) is 12.1 Å². The first-order valence-corrected chi connectivity index (χ1v) is 3.02. The number of nitriles is 2. The molecule has 0 saturated heterocycles. The Bertz CT molecular complexity index is 263. The Morgan fingerprint density at radius 2 is 1.73 bits per heavy atom. The molecule has 1 rings (SSSR count). The van der Waals surface area contributed by atoms with Crippen LogP contribution in [0.1, 0.15) is 0 Å². The first-order chi connectivity index (χ1) is 5.31. The molecule has 1 aliphatic heterocycles. The van der Waals surface area contributed by atoms with Gasteiger partial charge in [0.2, 0.25) is 0 Å². The van der Waals surface area contributed by atoms with Gasteiger partial charge in [-0.2, -0.15) is 10.5 Å². The van der Waals surface area contributed by atoms with Gasteiger partial charge in [0.05, 0.1) is 0 Å². The van der Waals surface area contributed by atoms with Gasteiger partial charge < -0.3 is 10.6 Å². The first kappa shape index (κ1) is 7.17. The minimum atomic E-state index is -0.195. The summed E-state index contributed by atoms with van der Waals surface area (Å²) in [5.41, 5.74) is 0.551. The second kappa shape index (κ2) is 2.76. The molecule has 0 fully saturated rings. The van der Waals surface area contributed by atoms with Gasteiger partial charge in [0, 0.05) is 0 Å². The van der Waals surface area contributed by atoms with Gasteiger partial charge in [0.25, 0.3) is 0 Å². The van der Waals surface area contributed by atoms with E-state index in [-0.39, 0.29) is 17.6 Å². The van der Waals surface area contributed by atoms with Crippen molar-refractivity contribution in [3.05, 3.63) is 24.0 Å². The minimum Gasteiger partial charge on any atom is -0.351 e. The number of allylic oxidation sites excluding steroid dienone is 2. The van der Waals surface area contributed by atoms with Gasteiger partial charge in [0.15, 0.2) is 0 Å². The van der Waals surface area contributed by atoms with Gasteiger partial charge in [-0.1, -0.05) is 6.58 Å². The molecule has 2 N–H and O–H groups in total. The van der Waals surface area contributed by atoms with Crippen LogP contribution in [0.5, 0.6) is 0 Å². The molecule has 0 aromatic heterocycles. The largest absolute Gasteiger partial charge is 0.351 e. The summed E-state index contributed by atoms with van der Waals surface area (Å²) in [5.74, 6) is 0. The maximum Gasteiger partial charge on any atom is 0.149 e. The fraction of sp³-hybridized carbons (Fsp3) is 0.143. The van der Waals surface area contributed by atoms with Crippen LogP contribution in [0.3, 0.4) is 0 Å². The van der Waals surface area contributed by atoms with Crippen molar-refractivity contribution in [1.82, 2.24) is 10.6 Å². The maximum atomic E-state index is 8.49. The lowest BCUT2D eigenvalue weighted by molar-refractivity contribution is 0.673. The molecule has 0 radical (unpaired) electrons. The lowest BCUT2D eigenvalue weighted by atomic mass is 10.4. The summed E-state index contributed by atoms with van der Waals surface area (Å²) in [6, 6.07) is 3.73. The zero-order valence-corrected chi connectivity index (χ0v) is 5.76. The van der Waals surface area contributed by atoms with Crippen LogP contribution in [0.25, 0.3) is 0 Å². The summed E-state index contributed by atoms with van der Waals surface area (Å²) < 4.78 is 0. The van der Waals surface area contributed by atoms with E-state index in [0.717, 1.165) is 0 Å². The van der Waals surface area contributed by atoms with E-state index in [0.29, 0.717) is 0 Å². The van der Waals surface area contributed by atoms with Crippen molar-refractivity contribution in [3.8, 4) is 12.1 Å².